The molecule has 0 radical (unpaired) electrons. The number of rotatable bonds is 2. The number of aldehydes is 1. The Hall–Kier alpha value is -2.48. The van der Waals surface area contributed by atoms with Crippen molar-refractivity contribution in [2.45, 2.75) is 0 Å². The minimum atomic E-state index is -0.487. The molecule has 0 N–H and O–H groups in total. The fourth-order valence-electron chi connectivity index (χ4n) is 2.18. The van der Waals surface area contributed by atoms with E-state index in [-0.39, 0.29) is 5.56 Å². The van der Waals surface area contributed by atoms with Crippen LogP contribution >= 0.6 is 0 Å². The van der Waals surface area contributed by atoms with Crippen LogP contribution < -0.4 is 0 Å². The molecule has 3 aromatic rings. The Kier molecular flexibility index (Phi) is 2.84. The molecule has 0 aliphatic rings. The summed E-state index contributed by atoms with van der Waals surface area (Å²) in [6, 6.07) is 18.7. The van der Waals surface area contributed by atoms with Crippen LogP contribution in [0.3, 0.4) is 0 Å². The number of benzene rings is 3. The van der Waals surface area contributed by atoms with Crippen LogP contribution in [0.2, 0.25) is 0 Å². The molecule has 0 saturated heterocycles. The van der Waals surface area contributed by atoms with Gasteiger partial charge in [-0.25, -0.2) is 4.39 Å². The minimum absolute atomic E-state index is 0.0886. The van der Waals surface area contributed by atoms with E-state index in [0.29, 0.717) is 6.29 Å². The summed E-state index contributed by atoms with van der Waals surface area (Å²) in [5.41, 5.74) is 1.90. The highest BCUT2D eigenvalue weighted by Gasteiger charge is 2.05. The Labute approximate surface area is 110 Å². The molecule has 0 fully saturated rings. The van der Waals surface area contributed by atoms with E-state index in [4.69, 9.17) is 0 Å². The van der Waals surface area contributed by atoms with Crippen LogP contribution in [0.4, 0.5) is 4.39 Å². The highest BCUT2D eigenvalue weighted by Crippen LogP contribution is 2.25. The van der Waals surface area contributed by atoms with Gasteiger partial charge in [-0.1, -0.05) is 42.5 Å². The molecule has 92 valence electrons. The van der Waals surface area contributed by atoms with E-state index >= 15 is 0 Å². The van der Waals surface area contributed by atoms with Gasteiger partial charge in [0.2, 0.25) is 0 Å². The summed E-state index contributed by atoms with van der Waals surface area (Å²) in [4.78, 5) is 10.8. The third-order valence-corrected chi connectivity index (χ3v) is 3.21. The van der Waals surface area contributed by atoms with Gasteiger partial charge in [0, 0.05) is 0 Å². The van der Waals surface area contributed by atoms with Crippen molar-refractivity contribution in [1.82, 2.24) is 0 Å². The second-order valence-electron chi connectivity index (χ2n) is 4.42. The highest BCUT2D eigenvalue weighted by atomic mass is 19.1. The van der Waals surface area contributed by atoms with Crippen LogP contribution in [-0.2, 0) is 0 Å². The molecule has 3 aromatic carbocycles. The first-order valence-corrected chi connectivity index (χ1v) is 6.02. The zero-order valence-corrected chi connectivity index (χ0v) is 10.1. The second-order valence-corrected chi connectivity index (χ2v) is 4.42. The zero-order valence-electron chi connectivity index (χ0n) is 10.1. The fourth-order valence-corrected chi connectivity index (χ4v) is 2.18. The first-order valence-electron chi connectivity index (χ1n) is 6.02. The first-order chi connectivity index (χ1) is 9.28. The maximum Gasteiger partial charge on any atom is 0.153 e. The lowest BCUT2D eigenvalue weighted by Crippen LogP contribution is -1.88. The van der Waals surface area contributed by atoms with Gasteiger partial charge in [0.05, 0.1) is 5.56 Å². The zero-order chi connectivity index (χ0) is 13.2. The summed E-state index contributed by atoms with van der Waals surface area (Å²) in [5.74, 6) is -0.487. The molecule has 1 nitrogen and oxygen atoms in total. The molecular formula is C17H11FO. The third kappa shape index (κ3) is 2.13. The fraction of sp³-hybridized carbons (Fsp3) is 0. The Bertz CT molecular complexity index is 762. The number of fused-ring (bicyclic) bond motifs is 1. The SMILES string of the molecule is O=Cc1cc(-c2ccc3ccccc3c2)ccc1F. The van der Waals surface area contributed by atoms with Crippen LogP contribution in [0.25, 0.3) is 21.9 Å². The van der Waals surface area contributed by atoms with Crippen LogP contribution in [0.15, 0.2) is 60.7 Å². The molecule has 0 bridgehead atoms. The Balaban J connectivity index is 2.16. The van der Waals surface area contributed by atoms with Crippen molar-refractivity contribution in [2.75, 3.05) is 0 Å². The van der Waals surface area contributed by atoms with Gasteiger partial charge in [-0.3, -0.25) is 4.79 Å². The smallest absolute Gasteiger partial charge is 0.153 e. The molecule has 0 saturated carbocycles. The molecule has 19 heavy (non-hydrogen) atoms. The maximum absolute atomic E-state index is 13.3. The topological polar surface area (TPSA) is 17.1 Å². The van der Waals surface area contributed by atoms with Crippen molar-refractivity contribution in [3.8, 4) is 11.1 Å². The first kappa shape index (κ1) is 11.6. The highest BCUT2D eigenvalue weighted by molar-refractivity contribution is 5.88. The molecule has 0 atom stereocenters. The van der Waals surface area contributed by atoms with Crippen LogP contribution in [0, 0.1) is 5.82 Å². The van der Waals surface area contributed by atoms with E-state index in [1.54, 1.807) is 12.1 Å². The van der Waals surface area contributed by atoms with Crippen molar-refractivity contribution >= 4 is 17.1 Å². The molecule has 0 spiro atoms. The molecule has 3 rings (SSSR count). The van der Waals surface area contributed by atoms with Crippen molar-refractivity contribution < 1.29 is 9.18 Å². The lowest BCUT2D eigenvalue weighted by molar-refractivity contribution is 0.112. The number of carbonyl (C=O) groups is 1. The number of hydrogen-bond acceptors (Lipinski definition) is 1. The minimum Gasteiger partial charge on any atom is -0.298 e. The third-order valence-electron chi connectivity index (χ3n) is 3.21. The van der Waals surface area contributed by atoms with Crippen molar-refractivity contribution in [2.24, 2.45) is 0 Å². The summed E-state index contributed by atoms with van der Waals surface area (Å²) in [7, 11) is 0. The van der Waals surface area contributed by atoms with Crippen molar-refractivity contribution in [3.63, 3.8) is 0 Å². The van der Waals surface area contributed by atoms with Gasteiger partial charge in [-0.2, -0.15) is 0 Å². The molecule has 0 aliphatic heterocycles. The van der Waals surface area contributed by atoms with E-state index in [0.717, 1.165) is 21.9 Å². The summed E-state index contributed by atoms with van der Waals surface area (Å²) < 4.78 is 13.3. The lowest BCUT2D eigenvalue weighted by Gasteiger charge is -2.05. The Morgan fingerprint density at radius 3 is 2.26 bits per heavy atom. The average molecular weight is 250 g/mol. The predicted octanol–water partition coefficient (Wildman–Crippen LogP) is 4.46. The summed E-state index contributed by atoms with van der Waals surface area (Å²) in [6.07, 6.45) is 0.542. The largest absolute Gasteiger partial charge is 0.298 e. The second kappa shape index (κ2) is 4.65. The van der Waals surface area contributed by atoms with E-state index in [9.17, 15) is 9.18 Å². The Morgan fingerprint density at radius 1 is 0.789 bits per heavy atom. The molecule has 2 heteroatoms. The van der Waals surface area contributed by atoms with Gasteiger partial charge in [0.15, 0.2) is 6.29 Å². The van der Waals surface area contributed by atoms with Gasteiger partial charge in [0.1, 0.15) is 5.82 Å². The van der Waals surface area contributed by atoms with E-state index < -0.39 is 5.82 Å². The molecule has 0 heterocycles. The van der Waals surface area contributed by atoms with Gasteiger partial charge in [-0.05, 0) is 40.1 Å². The van der Waals surface area contributed by atoms with E-state index in [2.05, 4.69) is 0 Å². The van der Waals surface area contributed by atoms with Gasteiger partial charge < -0.3 is 0 Å². The molecular weight excluding hydrogens is 239 g/mol. The lowest BCUT2D eigenvalue weighted by atomic mass is 10.00. The van der Waals surface area contributed by atoms with Gasteiger partial charge >= 0.3 is 0 Å². The van der Waals surface area contributed by atoms with Gasteiger partial charge in [0.25, 0.3) is 0 Å². The van der Waals surface area contributed by atoms with Gasteiger partial charge in [-0.15, -0.1) is 0 Å². The number of halogens is 1. The average Bonchev–Trinajstić information content (AvgIpc) is 2.47. The summed E-state index contributed by atoms with van der Waals surface area (Å²) in [5, 5.41) is 2.28. The number of hydrogen-bond donors (Lipinski definition) is 0. The maximum atomic E-state index is 13.3. The molecule has 0 unspecified atom stereocenters. The number of carbonyl (C=O) groups excluding carboxylic acids is 1. The van der Waals surface area contributed by atoms with Crippen LogP contribution in [-0.4, -0.2) is 6.29 Å². The summed E-state index contributed by atoms with van der Waals surface area (Å²) >= 11 is 0. The predicted molar refractivity (Wildman–Crippen MR) is 74.7 cm³/mol. The monoisotopic (exact) mass is 250 g/mol. The van der Waals surface area contributed by atoms with E-state index in [1.807, 2.05) is 42.5 Å². The molecule has 0 aliphatic carbocycles. The molecule has 0 aromatic heterocycles. The van der Waals surface area contributed by atoms with Crippen molar-refractivity contribution in [3.05, 3.63) is 72.0 Å². The Morgan fingerprint density at radius 2 is 1.47 bits per heavy atom. The molecule has 0 amide bonds. The standard InChI is InChI=1S/C17H11FO/c18-17-8-7-15(10-16(17)11-19)14-6-5-12-3-1-2-4-13(12)9-14/h1-11H. The van der Waals surface area contributed by atoms with Crippen LogP contribution in [0.5, 0.6) is 0 Å². The van der Waals surface area contributed by atoms with Crippen molar-refractivity contribution in [1.29, 1.82) is 0 Å². The summed E-state index contributed by atoms with van der Waals surface area (Å²) in [6.45, 7) is 0. The van der Waals surface area contributed by atoms with Crippen LogP contribution in [0.1, 0.15) is 10.4 Å². The quantitative estimate of drug-likeness (QED) is 0.614. The van der Waals surface area contributed by atoms with E-state index in [1.165, 1.54) is 6.07 Å². The normalized spacial score (nSPS) is 10.6.